The van der Waals surface area contributed by atoms with Gasteiger partial charge in [-0.05, 0) is 30.3 Å². The monoisotopic (exact) mass is 410 g/mol. The van der Waals surface area contributed by atoms with Crippen LogP contribution in [0.15, 0.2) is 53.6 Å². The summed E-state index contributed by atoms with van der Waals surface area (Å²) in [5, 5.41) is 0. The second-order valence-electron chi connectivity index (χ2n) is 6.17. The largest absolute Gasteiger partial charge is 0.492 e. The molecule has 0 saturated heterocycles. The molecule has 148 valence electrons. The highest BCUT2D eigenvalue weighted by molar-refractivity contribution is 7.90. The summed E-state index contributed by atoms with van der Waals surface area (Å²) in [6.07, 6.45) is 1.25. The van der Waals surface area contributed by atoms with E-state index in [1.807, 2.05) is 0 Å². The fraction of sp³-hybridized carbons (Fsp3) is 0.158. The van der Waals surface area contributed by atoms with E-state index in [0.29, 0.717) is 11.8 Å². The minimum Gasteiger partial charge on any atom is -0.492 e. The van der Waals surface area contributed by atoms with Gasteiger partial charge < -0.3 is 9.64 Å². The molecular formula is C19H17F3N2O3S. The van der Waals surface area contributed by atoms with E-state index in [2.05, 4.69) is 0 Å². The Bertz CT molecular complexity index is 1140. The summed E-state index contributed by atoms with van der Waals surface area (Å²) in [7, 11) is 0.318. The minimum atomic E-state index is -4.30. The van der Waals surface area contributed by atoms with E-state index in [1.165, 1.54) is 25.4 Å². The van der Waals surface area contributed by atoms with Crippen molar-refractivity contribution in [2.45, 2.75) is 4.90 Å². The molecule has 3 aromatic rings. The van der Waals surface area contributed by atoms with E-state index in [9.17, 15) is 21.6 Å². The Labute approximate surface area is 160 Å². The molecule has 0 atom stereocenters. The molecule has 0 spiro atoms. The predicted octanol–water partition coefficient (Wildman–Crippen LogP) is 3.88. The Balaban J connectivity index is 2.38. The van der Waals surface area contributed by atoms with Gasteiger partial charge in [0, 0.05) is 31.9 Å². The van der Waals surface area contributed by atoms with Gasteiger partial charge in [-0.1, -0.05) is 6.07 Å². The van der Waals surface area contributed by atoms with Gasteiger partial charge in [-0.2, -0.15) is 0 Å². The molecule has 0 aliphatic carbocycles. The van der Waals surface area contributed by atoms with Crippen molar-refractivity contribution in [1.82, 2.24) is 3.97 Å². The van der Waals surface area contributed by atoms with Crippen LogP contribution >= 0.6 is 0 Å². The van der Waals surface area contributed by atoms with E-state index < -0.39 is 27.5 Å². The maximum atomic E-state index is 14.5. The molecule has 0 aliphatic rings. The predicted molar refractivity (Wildman–Crippen MR) is 99.6 cm³/mol. The van der Waals surface area contributed by atoms with Crippen LogP contribution in [-0.2, 0) is 10.0 Å². The number of hydrogen-bond acceptors (Lipinski definition) is 4. The van der Waals surface area contributed by atoms with Crippen molar-refractivity contribution in [3.8, 4) is 17.0 Å². The standard InChI is InChI=1S/C19H17F3N2O3S/c1-23(2)17-11-24(28(25,26)14-6-4-5-12(20)9-14)18(19(17)27-3)15-8-7-13(21)10-16(15)22/h4-11H,1-3H3. The van der Waals surface area contributed by atoms with Gasteiger partial charge in [-0.3, -0.25) is 0 Å². The molecule has 5 nitrogen and oxygen atoms in total. The molecule has 2 aromatic carbocycles. The number of benzene rings is 2. The topological polar surface area (TPSA) is 51.5 Å². The van der Waals surface area contributed by atoms with Gasteiger partial charge in [-0.15, -0.1) is 0 Å². The van der Waals surface area contributed by atoms with Crippen molar-refractivity contribution in [1.29, 1.82) is 0 Å². The van der Waals surface area contributed by atoms with E-state index in [-0.39, 0.29) is 21.9 Å². The third-order valence-corrected chi connectivity index (χ3v) is 5.79. The molecule has 0 saturated carbocycles. The van der Waals surface area contributed by atoms with Crippen LogP contribution in [0.2, 0.25) is 0 Å². The fourth-order valence-corrected chi connectivity index (χ4v) is 4.23. The lowest BCUT2D eigenvalue weighted by Gasteiger charge is -2.14. The summed E-state index contributed by atoms with van der Waals surface area (Å²) < 4.78 is 74.1. The van der Waals surface area contributed by atoms with E-state index >= 15 is 0 Å². The van der Waals surface area contributed by atoms with Crippen LogP contribution < -0.4 is 9.64 Å². The molecule has 9 heteroatoms. The number of anilines is 1. The number of nitrogens with zero attached hydrogens (tertiary/aromatic N) is 2. The van der Waals surface area contributed by atoms with Crippen LogP contribution in [0, 0.1) is 17.5 Å². The number of rotatable bonds is 5. The third kappa shape index (κ3) is 3.33. The van der Waals surface area contributed by atoms with Crippen molar-refractivity contribution in [2.24, 2.45) is 0 Å². The summed E-state index contributed by atoms with van der Waals surface area (Å²) >= 11 is 0. The lowest BCUT2D eigenvalue weighted by atomic mass is 10.1. The highest BCUT2D eigenvalue weighted by Gasteiger charge is 2.29. The van der Waals surface area contributed by atoms with E-state index in [1.54, 1.807) is 19.0 Å². The summed E-state index contributed by atoms with van der Waals surface area (Å²) in [6, 6.07) is 7.25. The maximum Gasteiger partial charge on any atom is 0.268 e. The van der Waals surface area contributed by atoms with Crippen LogP contribution in [-0.4, -0.2) is 33.6 Å². The Morgan fingerprint density at radius 1 is 1.00 bits per heavy atom. The first-order valence-corrected chi connectivity index (χ1v) is 9.54. The molecule has 0 fully saturated rings. The molecule has 3 rings (SSSR count). The van der Waals surface area contributed by atoms with Crippen LogP contribution in [0.25, 0.3) is 11.3 Å². The Morgan fingerprint density at radius 2 is 1.68 bits per heavy atom. The Kier molecular flexibility index (Phi) is 5.12. The van der Waals surface area contributed by atoms with E-state index in [0.717, 1.165) is 28.2 Å². The molecule has 0 amide bonds. The molecule has 1 heterocycles. The first-order valence-electron chi connectivity index (χ1n) is 8.10. The lowest BCUT2D eigenvalue weighted by Crippen LogP contribution is -2.14. The number of halogens is 3. The molecule has 28 heavy (non-hydrogen) atoms. The Morgan fingerprint density at radius 3 is 2.25 bits per heavy atom. The van der Waals surface area contributed by atoms with Crippen molar-refractivity contribution in [3.63, 3.8) is 0 Å². The molecular weight excluding hydrogens is 393 g/mol. The van der Waals surface area contributed by atoms with Gasteiger partial charge >= 0.3 is 0 Å². The number of ether oxygens (including phenoxy) is 1. The normalized spacial score (nSPS) is 11.5. The highest BCUT2D eigenvalue weighted by atomic mass is 32.2. The van der Waals surface area contributed by atoms with Gasteiger partial charge in [0.2, 0.25) is 0 Å². The van der Waals surface area contributed by atoms with Crippen molar-refractivity contribution >= 4 is 15.7 Å². The van der Waals surface area contributed by atoms with Crippen molar-refractivity contribution in [2.75, 3.05) is 26.1 Å². The zero-order valence-electron chi connectivity index (χ0n) is 15.3. The lowest BCUT2D eigenvalue weighted by molar-refractivity contribution is 0.417. The van der Waals surface area contributed by atoms with Gasteiger partial charge in [-0.25, -0.2) is 25.6 Å². The SMILES string of the molecule is COc1c(N(C)C)cn(S(=O)(=O)c2cccc(F)c2)c1-c1ccc(F)cc1F. The second kappa shape index (κ2) is 7.23. The van der Waals surface area contributed by atoms with E-state index in [4.69, 9.17) is 4.74 Å². The zero-order valence-corrected chi connectivity index (χ0v) is 16.1. The Hall–Kier alpha value is -2.94. The summed E-state index contributed by atoms with van der Waals surface area (Å²) in [5.74, 6) is -2.42. The summed E-state index contributed by atoms with van der Waals surface area (Å²) in [4.78, 5) is 1.26. The van der Waals surface area contributed by atoms with Crippen molar-refractivity contribution in [3.05, 3.63) is 66.1 Å². The van der Waals surface area contributed by atoms with Gasteiger partial charge in [0.05, 0.1) is 17.7 Å². The second-order valence-corrected chi connectivity index (χ2v) is 7.99. The average Bonchev–Trinajstić information content (AvgIpc) is 3.02. The molecule has 1 aromatic heterocycles. The van der Waals surface area contributed by atoms with Crippen LogP contribution in [0.4, 0.5) is 18.9 Å². The summed E-state index contributed by atoms with van der Waals surface area (Å²) in [5.41, 5.74) is 0.0421. The number of methoxy groups -OCH3 is 1. The van der Waals surface area contributed by atoms with Crippen LogP contribution in [0.3, 0.4) is 0 Å². The fourth-order valence-electron chi connectivity index (χ4n) is 2.83. The smallest absolute Gasteiger partial charge is 0.268 e. The number of hydrogen-bond donors (Lipinski definition) is 0. The van der Waals surface area contributed by atoms with Gasteiger partial charge in [0.25, 0.3) is 10.0 Å². The van der Waals surface area contributed by atoms with Crippen LogP contribution in [0.5, 0.6) is 5.75 Å². The van der Waals surface area contributed by atoms with Gasteiger partial charge in [0.15, 0.2) is 5.75 Å². The molecule has 0 N–H and O–H groups in total. The first-order chi connectivity index (χ1) is 13.2. The van der Waals surface area contributed by atoms with Crippen LogP contribution in [0.1, 0.15) is 0 Å². The average molecular weight is 410 g/mol. The van der Waals surface area contributed by atoms with Crippen molar-refractivity contribution < 1.29 is 26.3 Å². The summed E-state index contributed by atoms with van der Waals surface area (Å²) in [6.45, 7) is 0. The molecule has 0 unspecified atom stereocenters. The quantitative estimate of drug-likeness (QED) is 0.641. The molecule has 0 radical (unpaired) electrons. The minimum absolute atomic E-state index is 0.0792. The zero-order chi connectivity index (χ0) is 20.6. The number of aromatic nitrogens is 1. The first kappa shape index (κ1) is 19.8. The third-order valence-electron chi connectivity index (χ3n) is 4.13. The maximum absolute atomic E-state index is 14.5. The highest BCUT2D eigenvalue weighted by Crippen LogP contribution is 2.42. The molecule has 0 aliphatic heterocycles. The molecule has 0 bridgehead atoms. The van der Waals surface area contributed by atoms with Gasteiger partial charge in [0.1, 0.15) is 23.1 Å².